The number of allylic oxidation sites excluding steroid dienone is 18. The Hall–Kier alpha value is -2.84. The van der Waals surface area contributed by atoms with Crippen molar-refractivity contribution in [1.82, 2.24) is 5.32 Å². The van der Waals surface area contributed by atoms with Gasteiger partial charge in [0.15, 0.2) is 0 Å². The highest BCUT2D eigenvalue weighted by Crippen LogP contribution is 2.38. The standard InChI is InChI=1S/C60H105N2O6P/c1-6-8-10-12-14-16-18-20-22-24-25-26-27-28-29-30-31-32-33-34-35-36-37-38-40-42-44-46-48-50-52-54-60(64)61-58(57-68-69(65,66)67-56-55-62(3,4)5)59(63)53-51-49-47-45-43-41-39-23-21-19-17-15-13-11-9-7-2/h8,10,14,16,20,22,25-26,28-29,31-32,34-35,37-38,42,44,58-59,63H,6-7,9,11-13,15,17-19,21,23-24,27,30,33,36,39-41,43,45-57H2,1-5H3,(H-,61,64,65,66)/b10-8-,16-14-,22-20-,26-25-,29-28-,32-31-,35-34-,38-37-,44-42-. The summed E-state index contributed by atoms with van der Waals surface area (Å²) in [6, 6.07) is -0.827. The van der Waals surface area contributed by atoms with Gasteiger partial charge >= 0.3 is 0 Å². The van der Waals surface area contributed by atoms with Gasteiger partial charge in [-0.1, -0.05) is 232 Å². The molecular formula is C60H105N2O6P. The maximum Gasteiger partial charge on any atom is 0.268 e. The minimum absolute atomic E-state index is 0.000618. The number of unbranched alkanes of at least 4 members (excludes halogenated alkanes) is 18. The molecular weight excluding hydrogens is 876 g/mol. The molecule has 2 N–H and O–H groups in total. The van der Waals surface area contributed by atoms with Gasteiger partial charge in [0, 0.05) is 6.42 Å². The number of phosphoric acid groups is 1. The van der Waals surface area contributed by atoms with Crippen molar-refractivity contribution in [2.75, 3.05) is 40.9 Å². The predicted octanol–water partition coefficient (Wildman–Crippen LogP) is 16.2. The Bertz CT molecular complexity index is 1490. The van der Waals surface area contributed by atoms with Gasteiger partial charge in [0.2, 0.25) is 5.91 Å². The normalized spacial score (nSPS) is 14.8. The lowest BCUT2D eigenvalue weighted by Crippen LogP contribution is -2.46. The van der Waals surface area contributed by atoms with Crippen LogP contribution < -0.4 is 10.2 Å². The zero-order valence-corrected chi connectivity index (χ0v) is 45.9. The number of amides is 1. The van der Waals surface area contributed by atoms with E-state index in [2.05, 4.69) is 129 Å². The third kappa shape index (κ3) is 52.8. The van der Waals surface area contributed by atoms with Crippen LogP contribution in [0.5, 0.6) is 0 Å². The number of aliphatic hydroxyl groups is 1. The van der Waals surface area contributed by atoms with Crippen LogP contribution in [0.3, 0.4) is 0 Å². The number of carbonyl (C=O) groups is 1. The molecule has 0 bridgehead atoms. The molecule has 0 heterocycles. The van der Waals surface area contributed by atoms with E-state index in [1.807, 2.05) is 21.1 Å². The molecule has 69 heavy (non-hydrogen) atoms. The van der Waals surface area contributed by atoms with Crippen molar-refractivity contribution >= 4 is 13.7 Å². The molecule has 8 nitrogen and oxygen atoms in total. The van der Waals surface area contributed by atoms with Crippen LogP contribution in [0.2, 0.25) is 0 Å². The summed E-state index contributed by atoms with van der Waals surface area (Å²) < 4.78 is 23.4. The maximum absolute atomic E-state index is 13.0. The quantitative estimate of drug-likeness (QED) is 0.0272. The fraction of sp³-hybridized carbons (Fsp3) is 0.683. The van der Waals surface area contributed by atoms with Crippen molar-refractivity contribution in [2.45, 2.75) is 225 Å². The SMILES string of the molecule is CC/C=C\C/C=C\C/C=C\C/C=C\C/C=C\C/C=C\C/C=C\C/C=C\C/C=C\CCCCCC(=O)NC(COP(=O)([O-])OCC[N+](C)(C)C)C(O)CCCCCCCCCCCCCCCCCC. The van der Waals surface area contributed by atoms with Gasteiger partial charge in [-0.15, -0.1) is 0 Å². The van der Waals surface area contributed by atoms with Crippen molar-refractivity contribution < 1.29 is 32.9 Å². The minimum Gasteiger partial charge on any atom is -0.756 e. The monoisotopic (exact) mass is 981 g/mol. The Morgan fingerprint density at radius 3 is 1.28 bits per heavy atom. The van der Waals surface area contributed by atoms with E-state index in [0.29, 0.717) is 23.9 Å². The van der Waals surface area contributed by atoms with E-state index in [0.717, 1.165) is 103 Å². The zero-order valence-electron chi connectivity index (χ0n) is 45.0. The molecule has 3 atom stereocenters. The molecule has 1 amide bonds. The Morgan fingerprint density at radius 1 is 0.522 bits per heavy atom. The molecule has 3 unspecified atom stereocenters. The molecule has 0 saturated heterocycles. The lowest BCUT2D eigenvalue weighted by atomic mass is 10.0. The van der Waals surface area contributed by atoms with E-state index in [4.69, 9.17) is 9.05 Å². The van der Waals surface area contributed by atoms with Gasteiger partial charge < -0.3 is 28.8 Å². The number of phosphoric ester groups is 1. The number of nitrogens with one attached hydrogen (secondary N) is 1. The predicted molar refractivity (Wildman–Crippen MR) is 297 cm³/mol. The molecule has 396 valence electrons. The van der Waals surface area contributed by atoms with E-state index < -0.39 is 20.0 Å². The summed E-state index contributed by atoms with van der Waals surface area (Å²) in [7, 11) is 1.27. The van der Waals surface area contributed by atoms with Gasteiger partial charge in [-0.05, 0) is 83.5 Å². The highest BCUT2D eigenvalue weighted by atomic mass is 31.2. The van der Waals surface area contributed by atoms with Crippen molar-refractivity contribution in [2.24, 2.45) is 0 Å². The number of hydrogen-bond acceptors (Lipinski definition) is 6. The van der Waals surface area contributed by atoms with Gasteiger partial charge in [-0.2, -0.15) is 0 Å². The molecule has 0 aromatic carbocycles. The molecule has 0 aliphatic heterocycles. The molecule has 0 spiro atoms. The van der Waals surface area contributed by atoms with E-state index in [1.165, 1.54) is 83.5 Å². The fourth-order valence-electron chi connectivity index (χ4n) is 7.44. The maximum atomic E-state index is 13.0. The fourth-order valence-corrected chi connectivity index (χ4v) is 8.17. The van der Waals surface area contributed by atoms with Crippen LogP contribution in [0.1, 0.15) is 213 Å². The summed E-state index contributed by atoms with van der Waals surface area (Å²) in [6.07, 6.45) is 72.5. The Labute approximate surface area is 425 Å². The lowest BCUT2D eigenvalue weighted by molar-refractivity contribution is -0.870. The summed E-state index contributed by atoms with van der Waals surface area (Å²) in [5, 5.41) is 14.0. The Morgan fingerprint density at radius 2 is 0.884 bits per heavy atom. The number of hydrogen-bond donors (Lipinski definition) is 2. The summed E-state index contributed by atoms with van der Waals surface area (Å²) >= 11 is 0. The molecule has 0 aliphatic rings. The van der Waals surface area contributed by atoms with E-state index in [-0.39, 0.29) is 19.1 Å². The van der Waals surface area contributed by atoms with Crippen molar-refractivity contribution in [3.8, 4) is 0 Å². The average Bonchev–Trinajstić information content (AvgIpc) is 3.31. The van der Waals surface area contributed by atoms with Crippen LogP contribution >= 0.6 is 7.82 Å². The summed E-state index contributed by atoms with van der Waals surface area (Å²) in [5.41, 5.74) is 0. The van der Waals surface area contributed by atoms with E-state index in [9.17, 15) is 19.4 Å². The molecule has 0 aliphatic carbocycles. The molecule has 0 rings (SSSR count). The Balaban J connectivity index is 4.30. The first-order valence-electron chi connectivity index (χ1n) is 27.7. The third-order valence-electron chi connectivity index (χ3n) is 11.8. The highest BCUT2D eigenvalue weighted by molar-refractivity contribution is 7.45. The number of aliphatic hydroxyl groups excluding tert-OH is 1. The van der Waals surface area contributed by atoms with Crippen LogP contribution in [-0.2, 0) is 18.4 Å². The first-order valence-corrected chi connectivity index (χ1v) is 29.2. The Kier molecular flexibility index (Phi) is 48.1. The van der Waals surface area contributed by atoms with Gasteiger partial charge in [0.05, 0.1) is 39.9 Å². The highest BCUT2D eigenvalue weighted by Gasteiger charge is 2.24. The second kappa shape index (κ2) is 50.1. The number of nitrogens with zero attached hydrogens (tertiary/aromatic N) is 1. The average molecular weight is 981 g/mol. The van der Waals surface area contributed by atoms with Crippen LogP contribution in [-0.4, -0.2) is 68.5 Å². The topological polar surface area (TPSA) is 108 Å². The van der Waals surface area contributed by atoms with Gasteiger partial charge in [-0.3, -0.25) is 9.36 Å². The second-order valence-corrected chi connectivity index (χ2v) is 21.0. The van der Waals surface area contributed by atoms with Gasteiger partial charge in [0.1, 0.15) is 13.2 Å². The van der Waals surface area contributed by atoms with E-state index in [1.54, 1.807) is 0 Å². The minimum atomic E-state index is -4.59. The van der Waals surface area contributed by atoms with Crippen LogP contribution in [0.15, 0.2) is 109 Å². The van der Waals surface area contributed by atoms with Crippen molar-refractivity contribution in [3.63, 3.8) is 0 Å². The molecule has 0 aromatic rings. The molecule has 9 heteroatoms. The smallest absolute Gasteiger partial charge is 0.268 e. The summed E-state index contributed by atoms with van der Waals surface area (Å²) in [6.45, 7) is 4.57. The van der Waals surface area contributed by atoms with Gasteiger partial charge in [0.25, 0.3) is 7.82 Å². The summed E-state index contributed by atoms with van der Waals surface area (Å²) in [5.74, 6) is -0.201. The largest absolute Gasteiger partial charge is 0.756 e. The first kappa shape index (κ1) is 66.2. The third-order valence-corrected chi connectivity index (χ3v) is 12.7. The molecule has 0 fully saturated rings. The number of likely N-dealkylation sites (N-methyl/N-ethyl adjacent to an activating group) is 1. The lowest BCUT2D eigenvalue weighted by Gasteiger charge is -2.30. The van der Waals surface area contributed by atoms with Crippen molar-refractivity contribution in [3.05, 3.63) is 109 Å². The second-order valence-electron chi connectivity index (χ2n) is 19.6. The van der Waals surface area contributed by atoms with Gasteiger partial charge in [-0.25, -0.2) is 0 Å². The number of carbonyl (C=O) groups excluding carboxylic acids is 1. The molecule has 0 aromatic heterocycles. The summed E-state index contributed by atoms with van der Waals surface area (Å²) in [4.78, 5) is 25.5. The zero-order chi connectivity index (χ0) is 50.6. The number of quaternary nitrogens is 1. The van der Waals surface area contributed by atoms with Crippen LogP contribution in [0.25, 0.3) is 0 Å². The first-order chi connectivity index (χ1) is 33.5. The molecule has 0 saturated carbocycles. The molecule has 0 radical (unpaired) electrons. The van der Waals surface area contributed by atoms with Crippen LogP contribution in [0, 0.1) is 0 Å². The van der Waals surface area contributed by atoms with E-state index >= 15 is 0 Å². The van der Waals surface area contributed by atoms with Crippen molar-refractivity contribution in [1.29, 1.82) is 0 Å². The van der Waals surface area contributed by atoms with Crippen LogP contribution in [0.4, 0.5) is 0 Å². The number of rotatable bonds is 49.